The molecule has 1 fully saturated rings. The first-order chi connectivity index (χ1) is 16.6. The van der Waals surface area contributed by atoms with Crippen LogP contribution in [0.15, 0.2) is 62.7 Å². The van der Waals surface area contributed by atoms with E-state index in [1.807, 2.05) is 41.9 Å². The van der Waals surface area contributed by atoms with E-state index < -0.39 is 0 Å². The van der Waals surface area contributed by atoms with Gasteiger partial charge in [0.25, 0.3) is 11.1 Å². The highest BCUT2D eigenvalue weighted by Gasteiger charge is 2.24. The predicted molar refractivity (Wildman–Crippen MR) is 134 cm³/mol. The fraction of sp³-hybridized carbons (Fsp3) is 0.346. The second-order valence-electron chi connectivity index (χ2n) is 9.16. The summed E-state index contributed by atoms with van der Waals surface area (Å²) in [6.45, 7) is 2.85. The van der Waals surface area contributed by atoms with Crippen molar-refractivity contribution in [2.75, 3.05) is 0 Å². The normalized spacial score (nSPS) is 15.0. The van der Waals surface area contributed by atoms with Crippen molar-refractivity contribution in [3.05, 3.63) is 80.9 Å². The molecule has 6 rings (SSSR count). The number of fused-ring (bicyclic) bond motifs is 2. The van der Waals surface area contributed by atoms with Gasteiger partial charge in [0, 0.05) is 18.3 Å². The van der Waals surface area contributed by atoms with Crippen LogP contribution in [0.25, 0.3) is 26.3 Å². The molecule has 0 spiro atoms. The Bertz CT molecular complexity index is 1560. The van der Waals surface area contributed by atoms with E-state index in [4.69, 9.17) is 9.40 Å². The highest BCUT2D eigenvalue weighted by atomic mass is 32.1. The van der Waals surface area contributed by atoms with Gasteiger partial charge in [-0.2, -0.15) is 4.68 Å². The Hall–Kier alpha value is -3.39. The average molecular weight is 475 g/mol. The Morgan fingerprint density at radius 1 is 1.09 bits per heavy atom. The molecule has 0 amide bonds. The Morgan fingerprint density at radius 2 is 1.91 bits per heavy atom. The van der Waals surface area contributed by atoms with Crippen molar-refractivity contribution in [3.63, 3.8) is 0 Å². The van der Waals surface area contributed by atoms with E-state index in [2.05, 4.69) is 0 Å². The van der Waals surface area contributed by atoms with Crippen LogP contribution in [0, 0.1) is 12.8 Å². The third-order valence-corrected chi connectivity index (χ3v) is 8.00. The van der Waals surface area contributed by atoms with Gasteiger partial charge in [-0.25, -0.2) is 4.98 Å². The molecule has 0 aliphatic heterocycles. The van der Waals surface area contributed by atoms with Crippen LogP contribution in [0.4, 0.5) is 0 Å². The molecule has 0 atom stereocenters. The number of hydrogen-bond donors (Lipinski definition) is 0. The van der Waals surface area contributed by atoms with E-state index in [-0.39, 0.29) is 11.1 Å². The predicted octanol–water partition coefficient (Wildman–Crippen LogP) is 5.09. The van der Waals surface area contributed by atoms with Crippen LogP contribution in [-0.2, 0) is 13.1 Å². The molecule has 0 N–H and O–H groups in total. The van der Waals surface area contributed by atoms with Crippen LogP contribution in [0.5, 0.6) is 0 Å². The van der Waals surface area contributed by atoms with Crippen molar-refractivity contribution in [3.8, 4) is 5.13 Å². The van der Waals surface area contributed by atoms with E-state index in [0.29, 0.717) is 46.5 Å². The number of para-hydroxylation sites is 1. The maximum Gasteiger partial charge on any atom is 0.283 e. The van der Waals surface area contributed by atoms with Gasteiger partial charge in [0.2, 0.25) is 5.13 Å². The summed E-state index contributed by atoms with van der Waals surface area (Å²) in [5.74, 6) is 1.16. The first-order valence-corrected chi connectivity index (χ1v) is 12.7. The number of pyridine rings is 1. The minimum atomic E-state index is -0.139. The molecule has 4 aromatic heterocycles. The Labute approximate surface area is 199 Å². The second kappa shape index (κ2) is 8.43. The lowest BCUT2D eigenvalue weighted by molar-refractivity contribution is 0.303. The third kappa shape index (κ3) is 3.53. The van der Waals surface area contributed by atoms with Crippen LogP contribution >= 0.6 is 11.3 Å². The van der Waals surface area contributed by atoms with Gasteiger partial charge in [0.1, 0.15) is 5.76 Å². The molecule has 0 unspecified atom stereocenters. The minimum Gasteiger partial charge on any atom is -0.467 e. The number of aryl methyl sites for hydroxylation is 1. The van der Waals surface area contributed by atoms with E-state index in [1.165, 1.54) is 30.6 Å². The molecule has 7 nitrogen and oxygen atoms in total. The summed E-state index contributed by atoms with van der Waals surface area (Å²) in [6.07, 6.45) is 7.57. The summed E-state index contributed by atoms with van der Waals surface area (Å²) in [7, 11) is 0. The number of nitrogens with zero attached hydrogens (tertiary/aromatic N) is 4. The molecule has 1 aliphatic carbocycles. The molecule has 1 aromatic carbocycles. The summed E-state index contributed by atoms with van der Waals surface area (Å²) in [5, 5.41) is 1.21. The first kappa shape index (κ1) is 21.2. The quantitative estimate of drug-likeness (QED) is 0.355. The van der Waals surface area contributed by atoms with Gasteiger partial charge in [-0.05, 0) is 49.9 Å². The molecule has 34 heavy (non-hydrogen) atoms. The molecular weight excluding hydrogens is 448 g/mol. The van der Waals surface area contributed by atoms with Crippen molar-refractivity contribution in [2.24, 2.45) is 5.92 Å². The maximum atomic E-state index is 13.9. The zero-order chi connectivity index (χ0) is 23.2. The molecule has 4 heterocycles. The molecule has 0 saturated heterocycles. The summed E-state index contributed by atoms with van der Waals surface area (Å²) >= 11 is 1.51. The van der Waals surface area contributed by atoms with Crippen LogP contribution in [0.1, 0.15) is 43.6 Å². The van der Waals surface area contributed by atoms with E-state index in [0.717, 1.165) is 23.1 Å². The molecule has 174 valence electrons. The maximum absolute atomic E-state index is 13.9. The van der Waals surface area contributed by atoms with Crippen LogP contribution in [0.2, 0.25) is 0 Å². The smallest absolute Gasteiger partial charge is 0.283 e. The first-order valence-electron chi connectivity index (χ1n) is 11.8. The summed E-state index contributed by atoms with van der Waals surface area (Å²) in [6, 6.07) is 13.2. The average Bonchev–Trinajstić information content (AvgIpc) is 3.56. The van der Waals surface area contributed by atoms with Crippen molar-refractivity contribution in [1.82, 2.24) is 18.9 Å². The summed E-state index contributed by atoms with van der Waals surface area (Å²) < 4.78 is 11.8. The van der Waals surface area contributed by atoms with Gasteiger partial charge in [0.15, 0.2) is 0 Å². The lowest BCUT2D eigenvalue weighted by Crippen LogP contribution is -2.25. The number of benzene rings is 1. The number of thiazole rings is 1. The topological polar surface area (TPSA) is 75.0 Å². The molecule has 5 aromatic rings. The second-order valence-corrected chi connectivity index (χ2v) is 10.2. The largest absolute Gasteiger partial charge is 0.467 e. The molecule has 1 saturated carbocycles. The number of furan rings is 1. The lowest BCUT2D eigenvalue weighted by atomic mass is 9.89. The van der Waals surface area contributed by atoms with Crippen LogP contribution in [0.3, 0.4) is 0 Å². The molecular formula is C26H26N4O3S. The number of hydrogen-bond acceptors (Lipinski definition) is 5. The van der Waals surface area contributed by atoms with Crippen molar-refractivity contribution >= 4 is 32.5 Å². The van der Waals surface area contributed by atoms with Gasteiger partial charge < -0.3 is 8.98 Å². The van der Waals surface area contributed by atoms with Gasteiger partial charge in [0.05, 0.1) is 33.9 Å². The minimum absolute atomic E-state index is 0.129. The Morgan fingerprint density at radius 3 is 2.68 bits per heavy atom. The van der Waals surface area contributed by atoms with Gasteiger partial charge >= 0.3 is 0 Å². The fourth-order valence-electron chi connectivity index (χ4n) is 5.23. The van der Waals surface area contributed by atoms with Crippen molar-refractivity contribution < 1.29 is 4.42 Å². The van der Waals surface area contributed by atoms with E-state index >= 15 is 0 Å². The molecule has 0 radical (unpaired) electrons. The Balaban J connectivity index is 1.58. The number of aromatic nitrogens is 4. The Kier molecular flexibility index (Phi) is 5.25. The molecule has 8 heteroatoms. The van der Waals surface area contributed by atoms with Crippen molar-refractivity contribution in [1.29, 1.82) is 0 Å². The van der Waals surface area contributed by atoms with Crippen LogP contribution < -0.4 is 11.1 Å². The fourth-order valence-corrected chi connectivity index (χ4v) is 6.21. The van der Waals surface area contributed by atoms with Gasteiger partial charge in [-0.3, -0.25) is 14.3 Å². The molecule has 0 bridgehead atoms. The van der Waals surface area contributed by atoms with E-state index in [1.54, 1.807) is 27.6 Å². The van der Waals surface area contributed by atoms with Crippen molar-refractivity contribution in [2.45, 2.75) is 52.1 Å². The SMILES string of the molecule is Cc1c2c(=O)n(-c3nc4ccccc4s3)n(CC3CCCCC3)c2cc(=O)n1Cc1ccco1. The standard InChI is InChI=1S/C26H26N4O3S/c1-17-24-21(14-23(31)28(17)16-19-10-7-13-33-19)29(15-18-8-3-2-4-9-18)30(25(24)32)26-27-20-11-5-6-12-22(20)34-26/h5-7,10-14,18H,2-4,8-9,15-16H2,1H3. The monoisotopic (exact) mass is 474 g/mol. The molecule has 1 aliphatic rings. The van der Waals surface area contributed by atoms with Gasteiger partial charge in [-0.15, -0.1) is 0 Å². The highest BCUT2D eigenvalue weighted by Crippen LogP contribution is 2.29. The highest BCUT2D eigenvalue weighted by molar-refractivity contribution is 7.20. The van der Waals surface area contributed by atoms with Crippen LogP contribution in [-0.4, -0.2) is 18.9 Å². The number of rotatable bonds is 5. The third-order valence-electron chi connectivity index (χ3n) is 6.99. The summed E-state index contributed by atoms with van der Waals surface area (Å²) in [5.41, 5.74) is 1.95. The van der Waals surface area contributed by atoms with E-state index in [9.17, 15) is 9.59 Å². The summed E-state index contributed by atoms with van der Waals surface area (Å²) in [4.78, 5) is 31.9. The lowest BCUT2D eigenvalue weighted by Gasteiger charge is -2.23. The zero-order valence-electron chi connectivity index (χ0n) is 19.1. The van der Waals surface area contributed by atoms with Gasteiger partial charge in [-0.1, -0.05) is 42.7 Å². The zero-order valence-corrected chi connectivity index (χ0v) is 19.9.